The van der Waals surface area contributed by atoms with Gasteiger partial charge in [-0.05, 0) is 55.5 Å². The van der Waals surface area contributed by atoms with Crippen molar-refractivity contribution in [2.24, 2.45) is 0 Å². The van der Waals surface area contributed by atoms with Gasteiger partial charge < -0.3 is 19.2 Å². The lowest BCUT2D eigenvalue weighted by molar-refractivity contribution is -0.116. The molecule has 0 unspecified atom stereocenters. The van der Waals surface area contributed by atoms with E-state index < -0.39 is 5.76 Å². The number of nitrogens with one attached hydrogen (secondary N) is 1. The highest BCUT2D eigenvalue weighted by atomic mass is 16.5. The molecular weight excluding hydrogens is 384 g/mol. The number of carbonyl (C=O) groups is 1. The molecule has 0 saturated heterocycles. The van der Waals surface area contributed by atoms with Crippen molar-refractivity contribution in [1.82, 2.24) is 4.57 Å². The van der Waals surface area contributed by atoms with Gasteiger partial charge in [0.1, 0.15) is 18.0 Å². The van der Waals surface area contributed by atoms with Crippen molar-refractivity contribution < 1.29 is 18.7 Å². The maximum absolute atomic E-state index is 12.6. The smallest absolute Gasteiger partial charge is 0.420 e. The molecule has 1 N–H and O–H groups in total. The molecule has 0 atom stereocenters. The normalized spacial score (nSPS) is 10.7. The molecule has 0 fully saturated rings. The third-order valence-electron chi connectivity index (χ3n) is 4.40. The molecule has 4 aromatic rings. The standard InChI is InChI=1S/C23H20N2O5/c1-2-28-16-11-13-17(14-12-16)29-20-9-5-3-7-18(20)24-22(26)15-25-19-8-4-6-10-21(19)30-23(25)27/h3-14H,2,15H2,1H3,(H,24,26). The SMILES string of the molecule is CCOc1ccc(Oc2ccccc2NC(=O)Cn2c(=O)oc3ccccc32)cc1. The van der Waals surface area contributed by atoms with Gasteiger partial charge in [-0.1, -0.05) is 24.3 Å². The molecule has 1 amide bonds. The molecule has 30 heavy (non-hydrogen) atoms. The van der Waals surface area contributed by atoms with E-state index in [0.29, 0.717) is 34.9 Å². The zero-order valence-electron chi connectivity index (χ0n) is 16.3. The molecule has 0 aliphatic carbocycles. The molecular formula is C23H20N2O5. The first-order valence-corrected chi connectivity index (χ1v) is 9.52. The molecule has 0 spiro atoms. The first-order valence-electron chi connectivity index (χ1n) is 9.52. The van der Waals surface area contributed by atoms with E-state index in [2.05, 4.69) is 5.32 Å². The lowest BCUT2D eigenvalue weighted by Gasteiger charge is -2.13. The second-order valence-electron chi connectivity index (χ2n) is 6.47. The third kappa shape index (κ3) is 4.20. The van der Waals surface area contributed by atoms with Crippen LogP contribution in [0.3, 0.4) is 0 Å². The van der Waals surface area contributed by atoms with Crippen molar-refractivity contribution in [3.63, 3.8) is 0 Å². The Morgan fingerprint density at radius 2 is 1.67 bits per heavy atom. The lowest BCUT2D eigenvalue weighted by atomic mass is 10.2. The van der Waals surface area contributed by atoms with Crippen molar-refractivity contribution in [3.8, 4) is 17.2 Å². The largest absolute Gasteiger partial charge is 0.494 e. The highest BCUT2D eigenvalue weighted by molar-refractivity contribution is 5.93. The lowest BCUT2D eigenvalue weighted by Crippen LogP contribution is -2.24. The molecule has 152 valence electrons. The Hall–Kier alpha value is -4.00. The zero-order chi connectivity index (χ0) is 20.9. The summed E-state index contributed by atoms with van der Waals surface area (Å²) >= 11 is 0. The summed E-state index contributed by atoms with van der Waals surface area (Å²) in [5.41, 5.74) is 1.50. The van der Waals surface area contributed by atoms with Crippen LogP contribution in [0.1, 0.15) is 6.92 Å². The summed E-state index contributed by atoms with van der Waals surface area (Å²) in [4.78, 5) is 24.7. The van der Waals surface area contributed by atoms with Gasteiger partial charge in [0.05, 0.1) is 17.8 Å². The van der Waals surface area contributed by atoms with Crippen LogP contribution in [0.5, 0.6) is 17.2 Å². The zero-order valence-corrected chi connectivity index (χ0v) is 16.3. The highest BCUT2D eigenvalue weighted by Gasteiger charge is 2.14. The molecule has 1 heterocycles. The Bertz CT molecular complexity index is 1220. The Morgan fingerprint density at radius 3 is 2.47 bits per heavy atom. The summed E-state index contributed by atoms with van der Waals surface area (Å²) in [5, 5.41) is 2.80. The maximum Gasteiger partial charge on any atom is 0.420 e. The predicted octanol–water partition coefficient (Wildman–Crippen LogP) is 4.42. The van der Waals surface area contributed by atoms with Crippen LogP contribution < -0.4 is 20.5 Å². The van der Waals surface area contributed by atoms with E-state index in [1.165, 1.54) is 4.57 Å². The van der Waals surface area contributed by atoms with Crippen LogP contribution in [0.15, 0.2) is 82.0 Å². The number of aromatic nitrogens is 1. The van der Waals surface area contributed by atoms with Gasteiger partial charge in [-0.25, -0.2) is 4.79 Å². The Morgan fingerprint density at radius 1 is 0.967 bits per heavy atom. The van der Waals surface area contributed by atoms with Crippen molar-refractivity contribution in [3.05, 3.63) is 83.3 Å². The van der Waals surface area contributed by atoms with Gasteiger partial charge in [0.25, 0.3) is 0 Å². The fourth-order valence-corrected chi connectivity index (χ4v) is 3.05. The molecule has 0 radical (unpaired) electrons. The highest BCUT2D eigenvalue weighted by Crippen LogP contribution is 2.30. The average molecular weight is 404 g/mol. The van der Waals surface area contributed by atoms with Crippen LogP contribution >= 0.6 is 0 Å². The number of ether oxygens (including phenoxy) is 2. The number of fused-ring (bicyclic) bond motifs is 1. The van der Waals surface area contributed by atoms with E-state index in [1.54, 1.807) is 54.6 Å². The number of para-hydroxylation sites is 4. The van der Waals surface area contributed by atoms with E-state index in [4.69, 9.17) is 13.9 Å². The van der Waals surface area contributed by atoms with Gasteiger partial charge in [-0.15, -0.1) is 0 Å². The number of nitrogens with zero attached hydrogens (tertiary/aromatic N) is 1. The van der Waals surface area contributed by atoms with Crippen LogP contribution in [0.25, 0.3) is 11.1 Å². The van der Waals surface area contributed by atoms with Crippen LogP contribution in [0.2, 0.25) is 0 Å². The monoisotopic (exact) mass is 404 g/mol. The van der Waals surface area contributed by atoms with E-state index in [9.17, 15) is 9.59 Å². The number of benzene rings is 3. The van der Waals surface area contributed by atoms with Crippen molar-refractivity contribution in [2.75, 3.05) is 11.9 Å². The van der Waals surface area contributed by atoms with Gasteiger partial charge in [0.2, 0.25) is 5.91 Å². The third-order valence-corrected chi connectivity index (χ3v) is 4.40. The Balaban J connectivity index is 1.50. The predicted molar refractivity (Wildman–Crippen MR) is 113 cm³/mol. The van der Waals surface area contributed by atoms with Gasteiger partial charge >= 0.3 is 5.76 Å². The quantitative estimate of drug-likeness (QED) is 0.493. The van der Waals surface area contributed by atoms with Crippen molar-refractivity contribution in [1.29, 1.82) is 0 Å². The molecule has 7 heteroatoms. The Kier molecular flexibility index (Phi) is 5.52. The number of oxazole rings is 1. The topological polar surface area (TPSA) is 82.7 Å². The number of anilines is 1. The van der Waals surface area contributed by atoms with Crippen molar-refractivity contribution >= 4 is 22.7 Å². The minimum atomic E-state index is -0.578. The minimum absolute atomic E-state index is 0.173. The second-order valence-corrected chi connectivity index (χ2v) is 6.47. The van der Waals surface area contributed by atoms with E-state index >= 15 is 0 Å². The summed E-state index contributed by atoms with van der Waals surface area (Å²) in [5.74, 6) is 0.900. The summed E-state index contributed by atoms with van der Waals surface area (Å²) in [6.07, 6.45) is 0. The fourth-order valence-electron chi connectivity index (χ4n) is 3.05. The van der Waals surface area contributed by atoms with Crippen LogP contribution in [0, 0.1) is 0 Å². The summed E-state index contributed by atoms with van der Waals surface area (Å²) in [7, 11) is 0. The number of hydrogen-bond donors (Lipinski definition) is 1. The summed E-state index contributed by atoms with van der Waals surface area (Å²) < 4.78 is 17.8. The maximum atomic E-state index is 12.6. The number of amides is 1. The van der Waals surface area contributed by atoms with Gasteiger partial charge in [-0.2, -0.15) is 0 Å². The van der Waals surface area contributed by atoms with Crippen LogP contribution in [-0.2, 0) is 11.3 Å². The molecule has 0 saturated carbocycles. The van der Waals surface area contributed by atoms with E-state index in [0.717, 1.165) is 5.75 Å². The molecule has 4 rings (SSSR count). The average Bonchev–Trinajstić information content (AvgIpc) is 3.06. The Labute approximate surface area is 172 Å². The molecule has 3 aromatic carbocycles. The number of carbonyl (C=O) groups excluding carboxylic acids is 1. The first-order chi connectivity index (χ1) is 14.6. The molecule has 7 nitrogen and oxygen atoms in total. The van der Waals surface area contributed by atoms with E-state index in [-0.39, 0.29) is 12.5 Å². The van der Waals surface area contributed by atoms with Crippen LogP contribution in [-0.4, -0.2) is 17.1 Å². The van der Waals surface area contributed by atoms with Crippen molar-refractivity contribution in [2.45, 2.75) is 13.5 Å². The fraction of sp³-hybridized carbons (Fsp3) is 0.130. The second kappa shape index (κ2) is 8.57. The number of hydrogen-bond acceptors (Lipinski definition) is 5. The molecule has 0 aliphatic heterocycles. The van der Waals surface area contributed by atoms with Gasteiger partial charge in [0.15, 0.2) is 11.3 Å². The number of rotatable bonds is 7. The first kappa shape index (κ1) is 19.3. The molecule has 0 aliphatic rings. The summed E-state index contributed by atoms with van der Waals surface area (Å²) in [6, 6.07) is 21.3. The minimum Gasteiger partial charge on any atom is -0.494 e. The van der Waals surface area contributed by atoms with Gasteiger partial charge in [-0.3, -0.25) is 9.36 Å². The molecule has 0 bridgehead atoms. The van der Waals surface area contributed by atoms with E-state index in [1.807, 2.05) is 25.1 Å². The van der Waals surface area contributed by atoms with Gasteiger partial charge in [0, 0.05) is 0 Å². The van der Waals surface area contributed by atoms with Crippen LogP contribution in [0.4, 0.5) is 5.69 Å². The molecule has 1 aromatic heterocycles. The summed E-state index contributed by atoms with van der Waals surface area (Å²) in [6.45, 7) is 2.33.